The van der Waals surface area contributed by atoms with Crippen molar-refractivity contribution in [3.8, 4) is 6.07 Å². The van der Waals surface area contributed by atoms with Crippen LogP contribution in [0.3, 0.4) is 0 Å². The molecule has 1 aromatic carbocycles. The molecule has 1 unspecified atom stereocenters. The summed E-state index contributed by atoms with van der Waals surface area (Å²) in [4.78, 5) is 9.36. The van der Waals surface area contributed by atoms with Gasteiger partial charge in [-0.1, -0.05) is 0 Å². The molecular formula is C18H23N5. The van der Waals surface area contributed by atoms with Crippen LogP contribution >= 0.6 is 0 Å². The van der Waals surface area contributed by atoms with Gasteiger partial charge in [-0.15, -0.1) is 0 Å². The molecule has 1 N–H and O–H groups in total. The molecule has 1 aliphatic heterocycles. The Morgan fingerprint density at radius 2 is 2.22 bits per heavy atom. The molecule has 1 aliphatic rings. The summed E-state index contributed by atoms with van der Waals surface area (Å²) in [7, 11) is 2.00. The highest BCUT2D eigenvalue weighted by atomic mass is 15.3. The van der Waals surface area contributed by atoms with E-state index in [0.29, 0.717) is 11.6 Å². The number of pyridine rings is 1. The van der Waals surface area contributed by atoms with E-state index in [2.05, 4.69) is 45.2 Å². The van der Waals surface area contributed by atoms with Gasteiger partial charge in [0.25, 0.3) is 0 Å². The third-order valence-corrected chi connectivity index (χ3v) is 4.62. The molecule has 0 bridgehead atoms. The predicted octanol–water partition coefficient (Wildman–Crippen LogP) is 1.84. The fourth-order valence-corrected chi connectivity index (χ4v) is 3.33. The van der Waals surface area contributed by atoms with Crippen molar-refractivity contribution >= 4 is 16.6 Å². The molecular weight excluding hydrogens is 286 g/mol. The first-order valence-electron chi connectivity index (χ1n) is 8.16. The van der Waals surface area contributed by atoms with Crippen LogP contribution in [0.15, 0.2) is 30.5 Å². The summed E-state index contributed by atoms with van der Waals surface area (Å²) < 4.78 is 0. The third kappa shape index (κ3) is 3.14. The normalized spacial score (nSPS) is 19.0. The fourth-order valence-electron chi connectivity index (χ4n) is 3.33. The van der Waals surface area contributed by atoms with Crippen LogP contribution in [0, 0.1) is 11.3 Å². The molecule has 5 nitrogen and oxygen atoms in total. The second-order valence-electron chi connectivity index (χ2n) is 6.08. The number of rotatable bonds is 4. The lowest BCUT2D eigenvalue weighted by molar-refractivity contribution is 0.191. The number of hydrogen-bond acceptors (Lipinski definition) is 5. The zero-order chi connectivity index (χ0) is 16.2. The van der Waals surface area contributed by atoms with Gasteiger partial charge in [-0.25, -0.2) is 0 Å². The monoisotopic (exact) mass is 309 g/mol. The van der Waals surface area contributed by atoms with Gasteiger partial charge in [-0.2, -0.15) is 5.26 Å². The van der Waals surface area contributed by atoms with Crippen LogP contribution in [0.25, 0.3) is 10.9 Å². The van der Waals surface area contributed by atoms with Gasteiger partial charge in [-0.3, -0.25) is 9.88 Å². The summed E-state index contributed by atoms with van der Waals surface area (Å²) in [5.41, 5.74) is 2.63. The molecule has 1 aromatic heterocycles. The Morgan fingerprint density at radius 1 is 1.35 bits per heavy atom. The Hall–Kier alpha value is -2.16. The van der Waals surface area contributed by atoms with Crippen LogP contribution < -0.4 is 10.2 Å². The molecule has 0 aliphatic carbocycles. The molecule has 1 saturated heterocycles. The minimum absolute atomic E-state index is 0.513. The number of aromatic nitrogens is 1. The highest BCUT2D eigenvalue weighted by Crippen LogP contribution is 2.29. The molecule has 2 aromatic rings. The molecule has 2 heterocycles. The summed E-state index contributed by atoms with van der Waals surface area (Å²) in [6, 6.07) is 10.7. The Balaban J connectivity index is 1.86. The number of likely N-dealkylation sites (N-methyl/N-ethyl adjacent to an activating group) is 1. The molecule has 0 amide bonds. The molecule has 0 radical (unpaired) electrons. The highest BCUT2D eigenvalue weighted by Gasteiger charge is 2.24. The van der Waals surface area contributed by atoms with E-state index in [1.807, 2.05) is 19.2 Å². The fraction of sp³-hybridized carbons (Fsp3) is 0.444. The zero-order valence-corrected chi connectivity index (χ0v) is 13.8. The van der Waals surface area contributed by atoms with Crippen molar-refractivity contribution in [3.63, 3.8) is 0 Å². The van der Waals surface area contributed by atoms with E-state index in [-0.39, 0.29) is 0 Å². The van der Waals surface area contributed by atoms with Gasteiger partial charge in [0.1, 0.15) is 6.07 Å². The molecule has 5 heteroatoms. The maximum Gasteiger partial charge on any atom is 0.101 e. The summed E-state index contributed by atoms with van der Waals surface area (Å²) in [6.45, 7) is 7.45. The number of benzene rings is 1. The van der Waals surface area contributed by atoms with Gasteiger partial charge >= 0.3 is 0 Å². The predicted molar refractivity (Wildman–Crippen MR) is 93.6 cm³/mol. The Labute approximate surface area is 137 Å². The van der Waals surface area contributed by atoms with Crippen molar-refractivity contribution in [2.45, 2.75) is 13.0 Å². The average Bonchev–Trinajstić information content (AvgIpc) is 2.59. The second-order valence-corrected chi connectivity index (χ2v) is 6.08. The summed E-state index contributed by atoms with van der Waals surface area (Å²) in [6.07, 6.45) is 1.76. The van der Waals surface area contributed by atoms with Gasteiger partial charge in [-0.05, 0) is 38.2 Å². The standard InChI is InChI=1S/C18H23N5/c1-14-13-23(11-10-22(14)9-8-20-2)17-6-5-15(12-19)18-16(17)4-3-7-21-18/h3-7,14,20H,8-11,13H2,1-2H3. The first-order valence-corrected chi connectivity index (χ1v) is 8.16. The lowest BCUT2D eigenvalue weighted by Crippen LogP contribution is -2.53. The summed E-state index contributed by atoms with van der Waals surface area (Å²) in [5.74, 6) is 0. The van der Waals surface area contributed by atoms with Crippen LogP contribution in [0.1, 0.15) is 12.5 Å². The van der Waals surface area contributed by atoms with E-state index in [4.69, 9.17) is 0 Å². The number of fused-ring (bicyclic) bond motifs is 1. The van der Waals surface area contributed by atoms with E-state index in [0.717, 1.165) is 43.6 Å². The zero-order valence-electron chi connectivity index (χ0n) is 13.8. The van der Waals surface area contributed by atoms with Crippen molar-refractivity contribution in [1.29, 1.82) is 5.26 Å². The molecule has 1 atom stereocenters. The first-order chi connectivity index (χ1) is 11.2. The number of nitrogens with zero attached hydrogens (tertiary/aromatic N) is 4. The van der Waals surface area contributed by atoms with Crippen molar-refractivity contribution in [2.24, 2.45) is 0 Å². The minimum Gasteiger partial charge on any atom is -0.368 e. The molecule has 3 rings (SSSR count). The van der Waals surface area contributed by atoms with Gasteiger partial charge in [0.2, 0.25) is 0 Å². The quantitative estimate of drug-likeness (QED) is 0.934. The number of hydrogen-bond donors (Lipinski definition) is 1. The van der Waals surface area contributed by atoms with E-state index >= 15 is 0 Å². The van der Waals surface area contributed by atoms with Crippen molar-refractivity contribution in [2.75, 3.05) is 44.7 Å². The van der Waals surface area contributed by atoms with Crippen LogP contribution in [-0.4, -0.2) is 55.7 Å². The Bertz CT molecular complexity index is 721. The van der Waals surface area contributed by atoms with Crippen molar-refractivity contribution < 1.29 is 0 Å². The van der Waals surface area contributed by atoms with Gasteiger partial charge in [0, 0.05) is 56.0 Å². The Kier molecular flexibility index (Phi) is 4.75. The van der Waals surface area contributed by atoms with E-state index < -0.39 is 0 Å². The number of nitrogens with one attached hydrogen (secondary N) is 1. The largest absolute Gasteiger partial charge is 0.368 e. The molecule has 0 spiro atoms. The van der Waals surface area contributed by atoms with E-state index in [1.54, 1.807) is 6.20 Å². The average molecular weight is 309 g/mol. The molecule has 23 heavy (non-hydrogen) atoms. The maximum atomic E-state index is 9.28. The molecule has 0 saturated carbocycles. The summed E-state index contributed by atoms with van der Waals surface area (Å²) in [5, 5.41) is 13.6. The van der Waals surface area contributed by atoms with E-state index in [9.17, 15) is 5.26 Å². The van der Waals surface area contributed by atoms with Crippen LogP contribution in [-0.2, 0) is 0 Å². The van der Waals surface area contributed by atoms with Gasteiger partial charge < -0.3 is 10.2 Å². The third-order valence-electron chi connectivity index (χ3n) is 4.62. The molecule has 1 fully saturated rings. The lowest BCUT2D eigenvalue weighted by atomic mass is 10.1. The minimum atomic E-state index is 0.513. The van der Waals surface area contributed by atoms with Gasteiger partial charge in [0.05, 0.1) is 11.1 Å². The topological polar surface area (TPSA) is 55.2 Å². The first kappa shape index (κ1) is 15.7. The van der Waals surface area contributed by atoms with Crippen LogP contribution in [0.4, 0.5) is 5.69 Å². The second kappa shape index (κ2) is 6.95. The lowest BCUT2D eigenvalue weighted by Gasteiger charge is -2.41. The summed E-state index contributed by atoms with van der Waals surface area (Å²) >= 11 is 0. The van der Waals surface area contributed by atoms with Crippen LogP contribution in [0.2, 0.25) is 0 Å². The number of nitriles is 1. The highest BCUT2D eigenvalue weighted by molar-refractivity contribution is 5.95. The van der Waals surface area contributed by atoms with Crippen molar-refractivity contribution in [3.05, 3.63) is 36.0 Å². The molecule has 120 valence electrons. The SMILES string of the molecule is CNCCN1CCN(c2ccc(C#N)c3ncccc23)CC1C. The van der Waals surface area contributed by atoms with E-state index in [1.165, 1.54) is 5.69 Å². The number of anilines is 1. The maximum absolute atomic E-state index is 9.28. The Morgan fingerprint density at radius 3 is 2.96 bits per heavy atom. The van der Waals surface area contributed by atoms with Crippen LogP contribution in [0.5, 0.6) is 0 Å². The van der Waals surface area contributed by atoms with Crippen molar-refractivity contribution in [1.82, 2.24) is 15.2 Å². The number of piperazine rings is 1. The smallest absolute Gasteiger partial charge is 0.101 e. The van der Waals surface area contributed by atoms with Gasteiger partial charge in [0.15, 0.2) is 0 Å².